The van der Waals surface area contributed by atoms with Gasteiger partial charge in [-0.1, -0.05) is 25.2 Å². The standard InChI is InChI=1S/C14H20N4S/c1-10(2)15-8-4-5-13-17-18-14(19-13)12-7-6-11(3)16-9-12/h6-7,9-10,15H,4-5,8H2,1-3H3. The third-order valence-corrected chi connectivity index (χ3v) is 3.78. The van der Waals surface area contributed by atoms with E-state index in [9.17, 15) is 0 Å². The van der Waals surface area contributed by atoms with Gasteiger partial charge in [0.15, 0.2) is 0 Å². The minimum Gasteiger partial charge on any atom is -0.315 e. The van der Waals surface area contributed by atoms with Crippen molar-refractivity contribution < 1.29 is 0 Å². The van der Waals surface area contributed by atoms with Gasteiger partial charge in [0.25, 0.3) is 0 Å². The predicted octanol–water partition coefficient (Wildman–Crippen LogP) is 2.84. The summed E-state index contributed by atoms with van der Waals surface area (Å²) in [7, 11) is 0. The lowest BCUT2D eigenvalue weighted by molar-refractivity contribution is 0.569. The van der Waals surface area contributed by atoms with Crippen molar-refractivity contribution in [3.05, 3.63) is 29.0 Å². The van der Waals surface area contributed by atoms with Crippen LogP contribution in [0.15, 0.2) is 18.3 Å². The Morgan fingerprint density at radius 3 is 2.79 bits per heavy atom. The molecule has 0 amide bonds. The maximum atomic E-state index is 4.29. The van der Waals surface area contributed by atoms with Crippen LogP contribution in [0.3, 0.4) is 0 Å². The van der Waals surface area contributed by atoms with E-state index in [1.54, 1.807) is 11.3 Å². The van der Waals surface area contributed by atoms with Crippen LogP contribution in [-0.4, -0.2) is 27.8 Å². The van der Waals surface area contributed by atoms with Crippen molar-refractivity contribution in [1.29, 1.82) is 0 Å². The Kier molecular flexibility index (Phi) is 4.99. The Morgan fingerprint density at radius 2 is 2.11 bits per heavy atom. The molecule has 19 heavy (non-hydrogen) atoms. The zero-order chi connectivity index (χ0) is 13.7. The van der Waals surface area contributed by atoms with Gasteiger partial charge < -0.3 is 5.32 Å². The first-order chi connectivity index (χ1) is 9.15. The summed E-state index contributed by atoms with van der Waals surface area (Å²) in [6.07, 6.45) is 3.94. The van der Waals surface area contributed by atoms with Crippen LogP contribution in [0, 0.1) is 6.92 Å². The number of aromatic nitrogens is 3. The number of hydrogen-bond donors (Lipinski definition) is 1. The smallest absolute Gasteiger partial charge is 0.149 e. The third-order valence-electron chi connectivity index (χ3n) is 2.75. The van der Waals surface area contributed by atoms with E-state index in [1.807, 2.05) is 25.3 Å². The normalized spacial score (nSPS) is 11.2. The van der Waals surface area contributed by atoms with E-state index in [-0.39, 0.29) is 0 Å². The lowest BCUT2D eigenvalue weighted by Crippen LogP contribution is -2.23. The topological polar surface area (TPSA) is 50.7 Å². The molecule has 0 aromatic carbocycles. The summed E-state index contributed by atoms with van der Waals surface area (Å²) in [5, 5.41) is 13.9. The van der Waals surface area contributed by atoms with Gasteiger partial charge in [0.1, 0.15) is 10.0 Å². The van der Waals surface area contributed by atoms with Gasteiger partial charge in [-0.25, -0.2) is 0 Å². The van der Waals surface area contributed by atoms with Crippen LogP contribution in [0.4, 0.5) is 0 Å². The maximum Gasteiger partial charge on any atom is 0.149 e. The molecule has 0 aliphatic carbocycles. The number of hydrogen-bond acceptors (Lipinski definition) is 5. The van der Waals surface area contributed by atoms with Crippen molar-refractivity contribution in [2.24, 2.45) is 0 Å². The van der Waals surface area contributed by atoms with Crippen molar-refractivity contribution >= 4 is 11.3 Å². The van der Waals surface area contributed by atoms with Crippen molar-refractivity contribution in [3.63, 3.8) is 0 Å². The highest BCUT2D eigenvalue weighted by molar-refractivity contribution is 7.14. The largest absolute Gasteiger partial charge is 0.315 e. The average Bonchev–Trinajstić information content (AvgIpc) is 2.84. The Labute approximate surface area is 118 Å². The molecular formula is C14H20N4S. The highest BCUT2D eigenvalue weighted by atomic mass is 32.1. The molecule has 2 aromatic heterocycles. The summed E-state index contributed by atoms with van der Waals surface area (Å²) in [6.45, 7) is 7.33. The molecule has 0 radical (unpaired) electrons. The predicted molar refractivity (Wildman–Crippen MR) is 79.3 cm³/mol. The van der Waals surface area contributed by atoms with Gasteiger partial charge in [-0.15, -0.1) is 10.2 Å². The van der Waals surface area contributed by atoms with Crippen LogP contribution >= 0.6 is 11.3 Å². The lowest BCUT2D eigenvalue weighted by Gasteiger charge is -2.05. The number of rotatable bonds is 6. The highest BCUT2D eigenvalue weighted by Gasteiger charge is 2.06. The first-order valence-corrected chi connectivity index (χ1v) is 7.45. The van der Waals surface area contributed by atoms with Gasteiger partial charge in [0.05, 0.1) is 0 Å². The quantitative estimate of drug-likeness (QED) is 0.824. The first-order valence-electron chi connectivity index (χ1n) is 6.64. The van der Waals surface area contributed by atoms with E-state index in [4.69, 9.17) is 0 Å². The summed E-state index contributed by atoms with van der Waals surface area (Å²) in [4.78, 5) is 4.29. The summed E-state index contributed by atoms with van der Waals surface area (Å²) >= 11 is 1.66. The van der Waals surface area contributed by atoms with Crippen LogP contribution in [0.25, 0.3) is 10.6 Å². The van der Waals surface area contributed by atoms with Crippen LogP contribution in [0.1, 0.15) is 31.0 Å². The van der Waals surface area contributed by atoms with Gasteiger partial charge in [-0.05, 0) is 32.0 Å². The summed E-state index contributed by atoms with van der Waals surface area (Å²) in [5.74, 6) is 0. The summed E-state index contributed by atoms with van der Waals surface area (Å²) < 4.78 is 0. The van der Waals surface area contributed by atoms with Crippen molar-refractivity contribution in [2.75, 3.05) is 6.54 Å². The van der Waals surface area contributed by atoms with E-state index in [0.29, 0.717) is 6.04 Å². The van der Waals surface area contributed by atoms with E-state index < -0.39 is 0 Å². The zero-order valence-corrected chi connectivity index (χ0v) is 12.5. The molecule has 4 nitrogen and oxygen atoms in total. The zero-order valence-electron chi connectivity index (χ0n) is 11.7. The van der Waals surface area contributed by atoms with Crippen LogP contribution in [0.2, 0.25) is 0 Å². The van der Waals surface area contributed by atoms with Crippen molar-refractivity contribution in [1.82, 2.24) is 20.5 Å². The molecule has 2 rings (SSSR count). The molecule has 5 heteroatoms. The van der Waals surface area contributed by atoms with Gasteiger partial charge in [0.2, 0.25) is 0 Å². The molecule has 0 aliphatic rings. The monoisotopic (exact) mass is 276 g/mol. The van der Waals surface area contributed by atoms with Crippen molar-refractivity contribution in [2.45, 2.75) is 39.7 Å². The fourth-order valence-electron chi connectivity index (χ4n) is 1.70. The van der Waals surface area contributed by atoms with Gasteiger partial charge in [-0.3, -0.25) is 4.98 Å². The van der Waals surface area contributed by atoms with Crippen LogP contribution < -0.4 is 5.32 Å². The Hall–Kier alpha value is -1.33. The Morgan fingerprint density at radius 1 is 1.26 bits per heavy atom. The molecule has 0 unspecified atom stereocenters. The minimum atomic E-state index is 0.545. The first kappa shape index (κ1) is 14.1. The van der Waals surface area contributed by atoms with E-state index in [2.05, 4.69) is 34.3 Å². The molecule has 0 spiro atoms. The second kappa shape index (κ2) is 6.73. The number of pyridine rings is 1. The van der Waals surface area contributed by atoms with E-state index in [0.717, 1.165) is 40.7 Å². The molecule has 0 fully saturated rings. The molecule has 0 bridgehead atoms. The van der Waals surface area contributed by atoms with Crippen molar-refractivity contribution in [3.8, 4) is 10.6 Å². The Balaban J connectivity index is 1.90. The molecule has 2 aromatic rings. The summed E-state index contributed by atoms with van der Waals surface area (Å²) in [5.41, 5.74) is 2.07. The lowest BCUT2D eigenvalue weighted by atomic mass is 10.3. The van der Waals surface area contributed by atoms with Gasteiger partial charge in [-0.2, -0.15) is 0 Å². The molecule has 2 heterocycles. The third kappa shape index (κ3) is 4.36. The SMILES string of the molecule is Cc1ccc(-c2nnc(CCCNC(C)C)s2)cn1. The second-order valence-electron chi connectivity index (χ2n) is 4.90. The molecule has 0 aliphatic heterocycles. The molecule has 1 N–H and O–H groups in total. The maximum absolute atomic E-state index is 4.29. The van der Waals surface area contributed by atoms with Crippen LogP contribution in [0.5, 0.6) is 0 Å². The highest BCUT2D eigenvalue weighted by Crippen LogP contribution is 2.23. The molecule has 0 saturated carbocycles. The van der Waals surface area contributed by atoms with E-state index in [1.165, 1.54) is 0 Å². The molecule has 0 saturated heterocycles. The fourth-order valence-corrected chi connectivity index (χ4v) is 2.57. The second-order valence-corrected chi connectivity index (χ2v) is 5.96. The number of aryl methyl sites for hydroxylation is 2. The molecule has 102 valence electrons. The summed E-state index contributed by atoms with van der Waals surface area (Å²) in [6, 6.07) is 4.60. The van der Waals surface area contributed by atoms with Gasteiger partial charge >= 0.3 is 0 Å². The molecule has 0 atom stereocenters. The average molecular weight is 276 g/mol. The van der Waals surface area contributed by atoms with Crippen LogP contribution in [-0.2, 0) is 6.42 Å². The number of nitrogens with zero attached hydrogens (tertiary/aromatic N) is 3. The number of nitrogens with one attached hydrogen (secondary N) is 1. The van der Waals surface area contributed by atoms with E-state index >= 15 is 0 Å². The minimum absolute atomic E-state index is 0.545. The Bertz CT molecular complexity index is 504. The van der Waals surface area contributed by atoms with Gasteiger partial charge in [0, 0.05) is 29.9 Å². The fraction of sp³-hybridized carbons (Fsp3) is 0.500. The molecular weight excluding hydrogens is 256 g/mol.